The van der Waals surface area contributed by atoms with Gasteiger partial charge in [-0.25, -0.2) is 0 Å². The zero-order valence-corrected chi connectivity index (χ0v) is 11.9. The number of rotatable bonds is 3. The van der Waals surface area contributed by atoms with Gasteiger partial charge in [-0.1, -0.05) is 58.4 Å². The molecule has 0 aliphatic carbocycles. The van der Waals surface area contributed by atoms with Crippen LogP contribution in [-0.4, -0.2) is 9.87 Å². The summed E-state index contributed by atoms with van der Waals surface area (Å²) in [6.45, 7) is 0. The van der Waals surface area contributed by atoms with Crippen molar-refractivity contribution in [2.24, 2.45) is 0 Å². The summed E-state index contributed by atoms with van der Waals surface area (Å²) in [5.41, 5.74) is 0.918. The van der Waals surface area contributed by atoms with Crippen LogP contribution in [0.4, 0.5) is 0 Å². The monoisotopic (exact) mass is 357 g/mol. The first-order valence-electron chi connectivity index (χ1n) is 5.00. The van der Waals surface area contributed by atoms with Gasteiger partial charge < -0.3 is 0 Å². The third-order valence-corrected chi connectivity index (χ3v) is 5.13. The molecule has 2 rings (SSSR count). The summed E-state index contributed by atoms with van der Waals surface area (Å²) < 4.78 is 0. The van der Waals surface area contributed by atoms with Crippen LogP contribution >= 0.6 is 31.9 Å². The molecule has 88 valence electrons. The first-order valence-corrected chi connectivity index (χ1v) is 6.83. The molecule has 0 heterocycles. The second-order valence-corrected chi connectivity index (χ2v) is 5.55. The second-order valence-electron chi connectivity index (χ2n) is 3.63. The first-order chi connectivity index (χ1) is 8.11. The number of alkyl halides is 2. The highest BCUT2D eigenvalue weighted by Crippen LogP contribution is 2.35. The molecule has 2 unspecified atom stereocenters. The van der Waals surface area contributed by atoms with Crippen LogP contribution < -0.4 is 0 Å². The van der Waals surface area contributed by atoms with Crippen molar-refractivity contribution in [1.82, 2.24) is 0 Å². The molecule has 0 bridgehead atoms. The first kappa shape index (κ1) is 12.5. The van der Waals surface area contributed by atoms with E-state index in [4.69, 9.17) is 0 Å². The van der Waals surface area contributed by atoms with E-state index < -0.39 is 4.95 Å². The lowest BCUT2D eigenvalue weighted by Crippen LogP contribution is -2.17. The minimum Gasteiger partial charge on any atom is -0.263 e. The predicted octanol–water partition coefficient (Wildman–Crippen LogP) is 4.27. The van der Waals surface area contributed by atoms with Gasteiger partial charge in [-0.15, -0.1) is 0 Å². The second kappa shape index (κ2) is 5.14. The minimum absolute atomic E-state index is 0.346. The van der Waals surface area contributed by atoms with Crippen LogP contribution in [0.25, 0.3) is 10.8 Å². The molecular formula is C12H9Br2NO2. The van der Waals surface area contributed by atoms with Crippen molar-refractivity contribution in [3.05, 3.63) is 58.1 Å². The highest BCUT2D eigenvalue weighted by atomic mass is 79.9. The molecule has 2 aromatic carbocycles. The van der Waals surface area contributed by atoms with Crippen molar-refractivity contribution in [2.75, 3.05) is 0 Å². The molecule has 2 atom stereocenters. The smallest absolute Gasteiger partial charge is 0.263 e. The summed E-state index contributed by atoms with van der Waals surface area (Å²) in [4.78, 5) is 9.24. The summed E-state index contributed by atoms with van der Waals surface area (Å²) in [6, 6.07) is 13.7. The van der Waals surface area contributed by atoms with Gasteiger partial charge in [0.1, 0.15) is 4.83 Å². The van der Waals surface area contributed by atoms with E-state index in [9.17, 15) is 10.1 Å². The fourth-order valence-electron chi connectivity index (χ4n) is 1.75. The van der Waals surface area contributed by atoms with Gasteiger partial charge in [0.25, 0.3) is 4.95 Å². The minimum atomic E-state index is -0.840. The Morgan fingerprint density at radius 1 is 1.06 bits per heavy atom. The number of hydrogen-bond acceptors (Lipinski definition) is 2. The van der Waals surface area contributed by atoms with Crippen LogP contribution in [0.15, 0.2) is 42.5 Å². The summed E-state index contributed by atoms with van der Waals surface area (Å²) in [6.07, 6.45) is 0. The Labute approximate surface area is 115 Å². The molecule has 0 aliphatic rings. The van der Waals surface area contributed by atoms with Crippen molar-refractivity contribution in [3.63, 3.8) is 0 Å². The van der Waals surface area contributed by atoms with Gasteiger partial charge in [-0.05, 0) is 32.3 Å². The van der Waals surface area contributed by atoms with Crippen molar-refractivity contribution in [1.29, 1.82) is 0 Å². The van der Waals surface area contributed by atoms with Crippen molar-refractivity contribution in [3.8, 4) is 0 Å². The van der Waals surface area contributed by atoms with Crippen LogP contribution in [0.1, 0.15) is 10.4 Å². The number of fused-ring (bicyclic) bond motifs is 1. The molecule has 3 nitrogen and oxygen atoms in total. The number of nitro groups is 1. The average Bonchev–Trinajstić information content (AvgIpc) is 2.36. The quantitative estimate of drug-likeness (QED) is 0.356. The van der Waals surface area contributed by atoms with E-state index in [2.05, 4.69) is 31.9 Å². The van der Waals surface area contributed by atoms with E-state index in [1.165, 1.54) is 0 Å². The molecule has 0 saturated carbocycles. The van der Waals surface area contributed by atoms with Crippen molar-refractivity contribution < 1.29 is 4.92 Å². The van der Waals surface area contributed by atoms with E-state index in [0.29, 0.717) is 0 Å². The highest BCUT2D eigenvalue weighted by molar-refractivity contribution is 9.12. The number of halogens is 2. The Bertz CT molecular complexity index is 554. The zero-order chi connectivity index (χ0) is 12.4. The molecule has 0 fully saturated rings. The topological polar surface area (TPSA) is 43.1 Å². The lowest BCUT2D eigenvalue weighted by Gasteiger charge is -2.13. The molecule has 17 heavy (non-hydrogen) atoms. The van der Waals surface area contributed by atoms with E-state index in [-0.39, 0.29) is 9.75 Å². The van der Waals surface area contributed by atoms with Crippen molar-refractivity contribution in [2.45, 2.75) is 9.78 Å². The van der Waals surface area contributed by atoms with Gasteiger partial charge in [0.2, 0.25) is 0 Å². The summed E-state index contributed by atoms with van der Waals surface area (Å²) in [5.74, 6) is 0. The number of benzene rings is 2. The summed E-state index contributed by atoms with van der Waals surface area (Å²) in [7, 11) is 0. The Morgan fingerprint density at radius 2 is 1.71 bits per heavy atom. The number of hydrogen-bond donors (Lipinski definition) is 0. The Kier molecular flexibility index (Phi) is 3.79. The van der Waals surface area contributed by atoms with Crippen LogP contribution in [-0.2, 0) is 0 Å². The Hall–Kier alpha value is -0.940. The summed E-state index contributed by atoms with van der Waals surface area (Å²) >= 11 is 6.47. The van der Waals surface area contributed by atoms with E-state index in [1.807, 2.05) is 42.5 Å². The SMILES string of the molecule is O=[N+]([O-])C(Br)C(Br)c1cccc2ccccc12. The largest absolute Gasteiger partial charge is 0.282 e. The maximum absolute atomic E-state index is 10.8. The standard InChI is InChI=1S/C12H9Br2NO2/c13-11(12(14)15(16)17)10-7-3-5-8-4-1-2-6-9(8)10/h1-7,11-12H. The van der Waals surface area contributed by atoms with Crippen LogP contribution in [0.5, 0.6) is 0 Å². The third-order valence-electron chi connectivity index (χ3n) is 2.56. The predicted molar refractivity (Wildman–Crippen MR) is 75.3 cm³/mol. The van der Waals surface area contributed by atoms with Crippen LogP contribution in [0.3, 0.4) is 0 Å². The number of nitrogens with zero attached hydrogens (tertiary/aromatic N) is 1. The third kappa shape index (κ3) is 2.50. The highest BCUT2D eigenvalue weighted by Gasteiger charge is 2.28. The maximum atomic E-state index is 10.8. The fourth-order valence-corrected chi connectivity index (χ4v) is 2.62. The van der Waals surface area contributed by atoms with Crippen LogP contribution in [0.2, 0.25) is 0 Å². The Morgan fingerprint density at radius 3 is 2.41 bits per heavy atom. The van der Waals surface area contributed by atoms with Crippen molar-refractivity contribution >= 4 is 42.6 Å². The molecule has 2 aromatic rings. The van der Waals surface area contributed by atoms with E-state index in [0.717, 1.165) is 16.3 Å². The molecule has 0 radical (unpaired) electrons. The Balaban J connectivity index is 2.52. The van der Waals surface area contributed by atoms with Crippen LogP contribution in [0, 0.1) is 10.1 Å². The van der Waals surface area contributed by atoms with Gasteiger partial charge in [0.15, 0.2) is 0 Å². The molecule has 0 aromatic heterocycles. The molecule has 0 saturated heterocycles. The van der Waals surface area contributed by atoms with E-state index in [1.54, 1.807) is 0 Å². The van der Waals surface area contributed by atoms with E-state index >= 15 is 0 Å². The lowest BCUT2D eigenvalue weighted by atomic mass is 10.0. The molecule has 5 heteroatoms. The molecule has 0 N–H and O–H groups in total. The van der Waals surface area contributed by atoms with Gasteiger partial charge >= 0.3 is 0 Å². The van der Waals surface area contributed by atoms with Gasteiger partial charge in [0, 0.05) is 4.92 Å². The van der Waals surface area contributed by atoms with Gasteiger partial charge in [0.05, 0.1) is 0 Å². The summed E-state index contributed by atoms with van der Waals surface area (Å²) in [5, 5.41) is 12.9. The van der Waals surface area contributed by atoms with Gasteiger partial charge in [-0.2, -0.15) is 0 Å². The van der Waals surface area contributed by atoms with Gasteiger partial charge in [-0.3, -0.25) is 10.1 Å². The lowest BCUT2D eigenvalue weighted by molar-refractivity contribution is -0.492. The fraction of sp³-hybridized carbons (Fsp3) is 0.167. The molecule has 0 aliphatic heterocycles. The zero-order valence-electron chi connectivity index (χ0n) is 8.72. The molecule has 0 amide bonds. The normalized spacial score (nSPS) is 14.5. The molecule has 0 spiro atoms. The maximum Gasteiger partial charge on any atom is 0.282 e. The average molecular weight is 359 g/mol. The molecular weight excluding hydrogens is 350 g/mol.